The standard InChI is InChI=1S/C16H23N3O3S/c1-4-12(15-17-9-11(3)23-15)19-16(21)18-10(2)8-13(20)14-6-5-7-22-14/h5-7,9-10,12-13,20H,4,8H2,1-3H3,(H2,18,19,21)/t10-,12+,13+/m1/s1. The van der Waals surface area contributed by atoms with Crippen molar-refractivity contribution >= 4 is 17.4 Å². The number of urea groups is 1. The Morgan fingerprint density at radius 3 is 2.83 bits per heavy atom. The smallest absolute Gasteiger partial charge is 0.315 e. The zero-order chi connectivity index (χ0) is 16.8. The van der Waals surface area contributed by atoms with Crippen LogP contribution in [0.5, 0.6) is 0 Å². The minimum atomic E-state index is -0.733. The number of amides is 2. The SMILES string of the molecule is CC[C@H](NC(=O)N[C@H](C)C[C@H](O)c1ccco1)c1ncc(C)s1. The molecular formula is C16H23N3O3S. The predicted molar refractivity (Wildman–Crippen MR) is 89.3 cm³/mol. The molecule has 2 heterocycles. The molecule has 0 aliphatic carbocycles. The van der Waals surface area contributed by atoms with E-state index in [9.17, 15) is 9.90 Å². The summed E-state index contributed by atoms with van der Waals surface area (Å²) in [6.07, 6.45) is 3.75. The summed E-state index contributed by atoms with van der Waals surface area (Å²) in [5.41, 5.74) is 0. The van der Waals surface area contributed by atoms with Crippen LogP contribution < -0.4 is 10.6 Å². The molecule has 0 saturated heterocycles. The summed E-state index contributed by atoms with van der Waals surface area (Å²) in [6.45, 7) is 5.85. The van der Waals surface area contributed by atoms with E-state index in [2.05, 4.69) is 15.6 Å². The minimum absolute atomic E-state index is 0.101. The van der Waals surface area contributed by atoms with Gasteiger partial charge in [0.15, 0.2) is 0 Å². The number of aryl methyl sites for hydroxylation is 1. The number of rotatable bonds is 7. The molecule has 0 aliphatic heterocycles. The fourth-order valence-corrected chi connectivity index (χ4v) is 3.19. The van der Waals surface area contributed by atoms with Gasteiger partial charge in [0.2, 0.25) is 0 Å². The van der Waals surface area contributed by atoms with Crippen molar-refractivity contribution in [3.05, 3.63) is 40.2 Å². The van der Waals surface area contributed by atoms with Crippen molar-refractivity contribution in [3.8, 4) is 0 Å². The van der Waals surface area contributed by atoms with Gasteiger partial charge in [-0.15, -0.1) is 11.3 Å². The van der Waals surface area contributed by atoms with E-state index in [1.54, 1.807) is 23.5 Å². The highest BCUT2D eigenvalue weighted by Crippen LogP contribution is 2.22. The van der Waals surface area contributed by atoms with Crippen LogP contribution in [0.4, 0.5) is 4.79 Å². The number of carbonyl (C=O) groups is 1. The summed E-state index contributed by atoms with van der Waals surface area (Å²) in [7, 11) is 0. The van der Waals surface area contributed by atoms with E-state index in [1.165, 1.54) is 6.26 Å². The van der Waals surface area contributed by atoms with E-state index in [4.69, 9.17) is 4.42 Å². The second-order valence-electron chi connectivity index (χ2n) is 5.56. The highest BCUT2D eigenvalue weighted by atomic mass is 32.1. The third kappa shape index (κ3) is 5.07. The van der Waals surface area contributed by atoms with Crippen molar-refractivity contribution in [1.82, 2.24) is 15.6 Å². The molecule has 2 aromatic rings. The van der Waals surface area contributed by atoms with E-state index in [-0.39, 0.29) is 18.1 Å². The fraction of sp³-hybridized carbons (Fsp3) is 0.500. The molecule has 0 bridgehead atoms. The van der Waals surface area contributed by atoms with Gasteiger partial charge in [-0.1, -0.05) is 6.92 Å². The van der Waals surface area contributed by atoms with Gasteiger partial charge in [0.1, 0.15) is 16.9 Å². The van der Waals surface area contributed by atoms with Gasteiger partial charge in [-0.05, 0) is 32.4 Å². The Bertz CT molecular complexity index is 612. The second kappa shape index (κ2) is 8.12. The largest absolute Gasteiger partial charge is 0.467 e. The van der Waals surface area contributed by atoms with Gasteiger partial charge in [0, 0.05) is 23.5 Å². The summed E-state index contributed by atoms with van der Waals surface area (Å²) >= 11 is 1.58. The number of aliphatic hydroxyl groups is 1. The maximum atomic E-state index is 12.1. The van der Waals surface area contributed by atoms with Crippen LogP contribution in [0.2, 0.25) is 0 Å². The summed E-state index contributed by atoms with van der Waals surface area (Å²) in [6, 6.07) is 2.89. The molecule has 0 saturated carbocycles. The van der Waals surface area contributed by atoms with Crippen LogP contribution in [0.3, 0.4) is 0 Å². The summed E-state index contributed by atoms with van der Waals surface area (Å²) in [5, 5.41) is 16.7. The van der Waals surface area contributed by atoms with E-state index in [1.807, 2.05) is 27.0 Å². The molecule has 126 valence electrons. The van der Waals surface area contributed by atoms with Gasteiger partial charge >= 0.3 is 6.03 Å². The zero-order valence-electron chi connectivity index (χ0n) is 13.6. The average Bonchev–Trinajstić information content (AvgIpc) is 3.15. The highest BCUT2D eigenvalue weighted by Gasteiger charge is 2.19. The van der Waals surface area contributed by atoms with Gasteiger partial charge < -0.3 is 20.2 Å². The Morgan fingerprint density at radius 1 is 1.48 bits per heavy atom. The molecular weight excluding hydrogens is 314 g/mol. The maximum absolute atomic E-state index is 12.1. The van der Waals surface area contributed by atoms with Crippen molar-refractivity contribution in [1.29, 1.82) is 0 Å². The molecule has 0 spiro atoms. The van der Waals surface area contributed by atoms with Crippen LogP contribution >= 0.6 is 11.3 Å². The first-order chi connectivity index (χ1) is 11.0. The van der Waals surface area contributed by atoms with E-state index >= 15 is 0 Å². The van der Waals surface area contributed by atoms with Crippen molar-refractivity contribution in [2.75, 3.05) is 0 Å². The van der Waals surface area contributed by atoms with Crippen LogP contribution in [0, 0.1) is 6.92 Å². The molecule has 3 atom stereocenters. The first-order valence-corrected chi connectivity index (χ1v) is 8.52. The average molecular weight is 337 g/mol. The number of carbonyl (C=O) groups excluding carboxylic acids is 1. The van der Waals surface area contributed by atoms with Gasteiger partial charge in [0.05, 0.1) is 12.3 Å². The Labute approximate surface area is 139 Å². The lowest BCUT2D eigenvalue weighted by Crippen LogP contribution is -2.42. The molecule has 2 rings (SSSR count). The lowest BCUT2D eigenvalue weighted by atomic mass is 10.1. The van der Waals surface area contributed by atoms with Gasteiger partial charge in [0.25, 0.3) is 0 Å². The Hall–Kier alpha value is -1.86. The van der Waals surface area contributed by atoms with E-state index < -0.39 is 6.10 Å². The van der Waals surface area contributed by atoms with Crippen molar-refractivity contribution in [2.24, 2.45) is 0 Å². The van der Waals surface area contributed by atoms with Gasteiger partial charge in [-0.3, -0.25) is 0 Å². The molecule has 2 aromatic heterocycles. The minimum Gasteiger partial charge on any atom is -0.467 e. The van der Waals surface area contributed by atoms with Crippen LogP contribution in [-0.4, -0.2) is 22.2 Å². The number of aromatic nitrogens is 1. The molecule has 0 aromatic carbocycles. The van der Waals surface area contributed by atoms with Gasteiger partial charge in [-0.25, -0.2) is 9.78 Å². The van der Waals surface area contributed by atoms with Crippen molar-refractivity contribution < 1.29 is 14.3 Å². The van der Waals surface area contributed by atoms with E-state index in [0.29, 0.717) is 12.2 Å². The number of aliphatic hydroxyl groups excluding tert-OH is 1. The fourth-order valence-electron chi connectivity index (χ4n) is 2.29. The third-order valence-corrected chi connectivity index (χ3v) is 4.50. The summed E-state index contributed by atoms with van der Waals surface area (Å²) < 4.78 is 5.16. The third-order valence-electron chi connectivity index (χ3n) is 3.48. The van der Waals surface area contributed by atoms with Crippen LogP contribution in [0.15, 0.2) is 29.0 Å². The molecule has 2 amide bonds. The van der Waals surface area contributed by atoms with Crippen molar-refractivity contribution in [3.63, 3.8) is 0 Å². The van der Waals surface area contributed by atoms with Crippen LogP contribution in [0.1, 0.15) is 54.5 Å². The lowest BCUT2D eigenvalue weighted by molar-refractivity contribution is 0.129. The molecule has 7 heteroatoms. The molecule has 6 nitrogen and oxygen atoms in total. The Balaban J connectivity index is 1.83. The first-order valence-electron chi connectivity index (χ1n) is 7.70. The number of nitrogens with one attached hydrogen (secondary N) is 2. The topological polar surface area (TPSA) is 87.4 Å². The maximum Gasteiger partial charge on any atom is 0.315 e. The number of furan rings is 1. The Morgan fingerprint density at radius 2 is 2.26 bits per heavy atom. The highest BCUT2D eigenvalue weighted by molar-refractivity contribution is 7.11. The molecule has 23 heavy (non-hydrogen) atoms. The molecule has 0 radical (unpaired) electrons. The molecule has 0 aliphatic rings. The predicted octanol–water partition coefficient (Wildman–Crippen LogP) is 3.31. The first kappa shape index (κ1) is 17.5. The quantitative estimate of drug-likeness (QED) is 0.723. The second-order valence-corrected chi connectivity index (χ2v) is 6.82. The number of thiazole rings is 1. The summed E-state index contributed by atoms with van der Waals surface area (Å²) in [5.74, 6) is 0.503. The summed E-state index contributed by atoms with van der Waals surface area (Å²) in [4.78, 5) is 17.6. The monoisotopic (exact) mass is 337 g/mol. The van der Waals surface area contributed by atoms with E-state index in [0.717, 1.165) is 16.3 Å². The molecule has 0 fully saturated rings. The van der Waals surface area contributed by atoms with Crippen LogP contribution in [-0.2, 0) is 0 Å². The number of hydrogen-bond donors (Lipinski definition) is 3. The van der Waals surface area contributed by atoms with Crippen molar-refractivity contribution in [2.45, 2.75) is 51.8 Å². The number of nitrogens with zero attached hydrogens (tertiary/aromatic N) is 1. The zero-order valence-corrected chi connectivity index (χ0v) is 14.4. The normalized spacial score (nSPS) is 15.0. The molecule has 3 N–H and O–H groups in total. The molecule has 0 unspecified atom stereocenters. The lowest BCUT2D eigenvalue weighted by Gasteiger charge is -2.20. The van der Waals surface area contributed by atoms with Crippen LogP contribution in [0.25, 0.3) is 0 Å². The Kier molecular flexibility index (Phi) is 6.18. The van der Waals surface area contributed by atoms with Gasteiger partial charge in [-0.2, -0.15) is 0 Å². The number of hydrogen-bond acceptors (Lipinski definition) is 5.